The number of unbranched alkanes of at least 4 members (excludes halogenated alkanes) is 1. The van der Waals surface area contributed by atoms with Gasteiger partial charge >= 0.3 is 0 Å². The summed E-state index contributed by atoms with van der Waals surface area (Å²) in [5.74, 6) is 0. The van der Waals surface area contributed by atoms with Gasteiger partial charge in [0.25, 0.3) is 0 Å². The quantitative estimate of drug-likeness (QED) is 0.573. The van der Waals surface area contributed by atoms with Crippen molar-refractivity contribution in [1.82, 2.24) is 0 Å². The van der Waals surface area contributed by atoms with Crippen LogP contribution in [0.2, 0.25) is 0 Å². The molecule has 0 bridgehead atoms. The van der Waals surface area contributed by atoms with Crippen LogP contribution in [-0.2, 0) is 0 Å². The Morgan fingerprint density at radius 3 is 1.63 bits per heavy atom. The minimum absolute atomic E-state index is 1.10. The Morgan fingerprint density at radius 2 is 1.26 bits per heavy atom. The van der Waals surface area contributed by atoms with Crippen molar-refractivity contribution in [2.45, 2.75) is 19.8 Å². The van der Waals surface area contributed by atoms with Crippen LogP contribution >= 0.6 is 31.9 Å². The maximum Gasteiger partial charge on any atom is 0.0175 e. The van der Waals surface area contributed by atoms with E-state index in [1.807, 2.05) is 0 Å². The summed E-state index contributed by atoms with van der Waals surface area (Å²) in [6.07, 6.45) is 4.59. The molecular formula is C17H16Br2. The Hall–Kier alpha value is -0.860. The summed E-state index contributed by atoms with van der Waals surface area (Å²) in [5.41, 5.74) is 3.83. The number of hydrogen-bond acceptors (Lipinski definition) is 0. The third-order valence-electron chi connectivity index (χ3n) is 2.95. The predicted octanol–water partition coefficient (Wildman–Crippen LogP) is 6.44. The molecule has 19 heavy (non-hydrogen) atoms. The molecule has 0 nitrogen and oxygen atoms in total. The third kappa shape index (κ3) is 4.05. The zero-order valence-electron chi connectivity index (χ0n) is 10.9. The highest BCUT2D eigenvalue weighted by Crippen LogP contribution is 2.26. The molecule has 2 aromatic carbocycles. The van der Waals surface area contributed by atoms with E-state index in [2.05, 4.69) is 93.4 Å². The second-order valence-electron chi connectivity index (χ2n) is 4.42. The van der Waals surface area contributed by atoms with E-state index in [-0.39, 0.29) is 0 Å². The SMILES string of the molecule is CCCC=C(c1ccc(Br)cc1)c1ccc(Br)cc1. The van der Waals surface area contributed by atoms with Gasteiger partial charge in [-0.3, -0.25) is 0 Å². The van der Waals surface area contributed by atoms with Crippen LogP contribution in [0.1, 0.15) is 30.9 Å². The summed E-state index contributed by atoms with van der Waals surface area (Å²) in [6.45, 7) is 2.21. The highest BCUT2D eigenvalue weighted by Gasteiger charge is 2.04. The molecule has 0 aliphatic carbocycles. The smallest absolute Gasteiger partial charge is 0.0175 e. The number of hydrogen-bond donors (Lipinski definition) is 0. The van der Waals surface area contributed by atoms with Crippen molar-refractivity contribution in [2.75, 3.05) is 0 Å². The summed E-state index contributed by atoms with van der Waals surface area (Å²) in [6, 6.07) is 17.0. The molecule has 0 aliphatic heterocycles. The molecule has 0 heterocycles. The molecule has 0 saturated carbocycles. The average Bonchev–Trinajstić information content (AvgIpc) is 2.43. The zero-order valence-corrected chi connectivity index (χ0v) is 14.0. The molecule has 0 N–H and O–H groups in total. The number of benzene rings is 2. The lowest BCUT2D eigenvalue weighted by molar-refractivity contribution is 0.960. The van der Waals surface area contributed by atoms with Crippen molar-refractivity contribution in [3.63, 3.8) is 0 Å². The topological polar surface area (TPSA) is 0 Å². The Balaban J connectivity index is 2.41. The highest BCUT2D eigenvalue weighted by molar-refractivity contribution is 9.10. The first-order valence-corrected chi connectivity index (χ1v) is 8.01. The van der Waals surface area contributed by atoms with Crippen molar-refractivity contribution in [1.29, 1.82) is 0 Å². The lowest BCUT2D eigenvalue weighted by Crippen LogP contribution is -1.88. The van der Waals surface area contributed by atoms with E-state index in [0.717, 1.165) is 21.8 Å². The van der Waals surface area contributed by atoms with Crippen LogP contribution in [0, 0.1) is 0 Å². The number of rotatable bonds is 4. The Labute approximate surface area is 131 Å². The molecule has 0 amide bonds. The summed E-state index contributed by atoms with van der Waals surface area (Å²) in [4.78, 5) is 0. The molecule has 0 atom stereocenters. The predicted molar refractivity (Wildman–Crippen MR) is 90.3 cm³/mol. The van der Waals surface area contributed by atoms with E-state index >= 15 is 0 Å². The van der Waals surface area contributed by atoms with E-state index in [1.54, 1.807) is 0 Å². The van der Waals surface area contributed by atoms with Crippen LogP contribution in [-0.4, -0.2) is 0 Å². The van der Waals surface area contributed by atoms with Crippen LogP contribution in [0.15, 0.2) is 63.6 Å². The molecule has 0 aliphatic rings. The van der Waals surface area contributed by atoms with Gasteiger partial charge in [0.15, 0.2) is 0 Å². The van der Waals surface area contributed by atoms with Gasteiger partial charge in [-0.05, 0) is 47.4 Å². The maximum absolute atomic E-state index is 3.49. The van der Waals surface area contributed by atoms with Gasteiger partial charge in [-0.15, -0.1) is 0 Å². The summed E-state index contributed by atoms with van der Waals surface area (Å²) < 4.78 is 2.23. The first kappa shape index (κ1) is 14.5. The number of halogens is 2. The normalized spacial score (nSPS) is 10.3. The monoisotopic (exact) mass is 378 g/mol. The molecule has 0 aromatic heterocycles. The standard InChI is InChI=1S/C17H16Br2/c1-2-3-4-17(13-5-9-15(18)10-6-13)14-7-11-16(19)12-8-14/h4-12H,2-3H2,1H3. The van der Waals surface area contributed by atoms with Crippen molar-refractivity contribution >= 4 is 37.4 Å². The average molecular weight is 380 g/mol. The van der Waals surface area contributed by atoms with Crippen molar-refractivity contribution in [2.24, 2.45) is 0 Å². The first-order valence-electron chi connectivity index (χ1n) is 6.42. The minimum atomic E-state index is 1.10. The maximum atomic E-state index is 3.49. The van der Waals surface area contributed by atoms with Gasteiger partial charge in [0.05, 0.1) is 0 Å². The number of allylic oxidation sites excluding steroid dienone is 1. The van der Waals surface area contributed by atoms with E-state index in [4.69, 9.17) is 0 Å². The first-order chi connectivity index (χ1) is 9.20. The van der Waals surface area contributed by atoms with Crippen LogP contribution in [0.5, 0.6) is 0 Å². The molecule has 2 heteroatoms. The van der Waals surface area contributed by atoms with E-state index < -0.39 is 0 Å². The highest BCUT2D eigenvalue weighted by atomic mass is 79.9. The van der Waals surface area contributed by atoms with E-state index in [0.29, 0.717) is 0 Å². The van der Waals surface area contributed by atoms with E-state index in [9.17, 15) is 0 Å². The fraction of sp³-hybridized carbons (Fsp3) is 0.176. The minimum Gasteiger partial charge on any atom is -0.0761 e. The molecule has 2 aromatic rings. The molecule has 0 radical (unpaired) electrons. The van der Waals surface area contributed by atoms with Crippen LogP contribution < -0.4 is 0 Å². The fourth-order valence-corrected chi connectivity index (χ4v) is 2.48. The van der Waals surface area contributed by atoms with Crippen molar-refractivity contribution in [3.8, 4) is 0 Å². The molecule has 2 rings (SSSR count). The molecule has 0 unspecified atom stereocenters. The van der Waals surface area contributed by atoms with Gasteiger partial charge in [0, 0.05) is 8.95 Å². The van der Waals surface area contributed by atoms with Gasteiger partial charge in [-0.1, -0.05) is 75.5 Å². The lowest BCUT2D eigenvalue weighted by Gasteiger charge is -2.09. The zero-order chi connectivity index (χ0) is 13.7. The van der Waals surface area contributed by atoms with Gasteiger partial charge in [-0.2, -0.15) is 0 Å². The lowest BCUT2D eigenvalue weighted by atomic mass is 9.97. The molecule has 0 spiro atoms. The molecule has 98 valence electrons. The summed E-state index contributed by atoms with van der Waals surface area (Å²) >= 11 is 6.97. The molecular weight excluding hydrogens is 364 g/mol. The van der Waals surface area contributed by atoms with Crippen LogP contribution in [0.3, 0.4) is 0 Å². The second kappa shape index (κ2) is 7.06. The van der Waals surface area contributed by atoms with Crippen LogP contribution in [0.4, 0.5) is 0 Å². The summed E-state index contributed by atoms with van der Waals surface area (Å²) in [7, 11) is 0. The molecule has 0 fully saturated rings. The van der Waals surface area contributed by atoms with Gasteiger partial charge in [0.1, 0.15) is 0 Å². The van der Waals surface area contributed by atoms with Crippen molar-refractivity contribution < 1.29 is 0 Å². The van der Waals surface area contributed by atoms with Gasteiger partial charge in [0.2, 0.25) is 0 Å². The van der Waals surface area contributed by atoms with Gasteiger partial charge < -0.3 is 0 Å². The van der Waals surface area contributed by atoms with Crippen molar-refractivity contribution in [3.05, 3.63) is 74.7 Å². The fourth-order valence-electron chi connectivity index (χ4n) is 1.95. The Bertz CT molecular complexity index is 503. The largest absolute Gasteiger partial charge is 0.0761 e. The Kier molecular flexibility index (Phi) is 5.41. The van der Waals surface area contributed by atoms with Gasteiger partial charge in [-0.25, -0.2) is 0 Å². The Morgan fingerprint density at radius 1 is 0.842 bits per heavy atom. The second-order valence-corrected chi connectivity index (χ2v) is 6.25. The molecule has 0 saturated heterocycles. The van der Waals surface area contributed by atoms with E-state index in [1.165, 1.54) is 16.7 Å². The summed E-state index contributed by atoms with van der Waals surface area (Å²) in [5, 5.41) is 0. The van der Waals surface area contributed by atoms with Crippen LogP contribution in [0.25, 0.3) is 5.57 Å². The third-order valence-corrected chi connectivity index (χ3v) is 4.00.